The maximum atomic E-state index is 12.8. The molecule has 0 saturated heterocycles. The van der Waals surface area contributed by atoms with E-state index in [1.165, 1.54) is 0 Å². The second-order valence-electron chi connectivity index (χ2n) is 14.6. The summed E-state index contributed by atoms with van der Waals surface area (Å²) in [6, 6.07) is 0. The lowest BCUT2D eigenvalue weighted by Gasteiger charge is -2.38. The van der Waals surface area contributed by atoms with E-state index in [-0.39, 0.29) is 45.5 Å². The molecule has 0 fully saturated rings. The van der Waals surface area contributed by atoms with Gasteiger partial charge in [0.1, 0.15) is 34.7 Å². The summed E-state index contributed by atoms with van der Waals surface area (Å²) in [6.45, 7) is 12.1. The van der Waals surface area contributed by atoms with E-state index >= 15 is 0 Å². The largest absolute Gasteiger partial charge is 0.300 e. The Morgan fingerprint density at radius 1 is 0.277 bits per heavy atom. The molecule has 0 aromatic heterocycles. The van der Waals surface area contributed by atoms with Gasteiger partial charge >= 0.3 is 0 Å². The molecule has 0 aliphatic carbocycles. The minimum atomic E-state index is -0.296. The summed E-state index contributed by atoms with van der Waals surface area (Å²) in [4.78, 5) is 76.7. The Balaban J connectivity index is 6.45. The first-order valence-corrected chi connectivity index (χ1v) is 19.5. The fourth-order valence-corrected chi connectivity index (χ4v) is 7.19. The van der Waals surface area contributed by atoms with Crippen LogP contribution in [0.2, 0.25) is 0 Å². The summed E-state index contributed by atoms with van der Waals surface area (Å²) < 4.78 is 0. The SMILES string of the molecule is CCCC(=O)CCC(CCCC(CCC(=O)CCC)(CCC(=O)CCC)CCC(=O)CCC)(CCC(=O)CCC)CCC(=O)CCC. The van der Waals surface area contributed by atoms with Crippen LogP contribution in [0.1, 0.15) is 215 Å². The predicted octanol–water partition coefficient (Wildman–Crippen LogP) is 11.0. The normalized spacial score (nSPS) is 11.9. The Morgan fingerprint density at radius 3 is 0.596 bits per heavy atom. The van der Waals surface area contributed by atoms with Crippen molar-refractivity contribution in [3.05, 3.63) is 0 Å². The number of hydrogen-bond donors (Lipinski definition) is 0. The van der Waals surface area contributed by atoms with Crippen molar-refractivity contribution in [2.24, 2.45) is 10.8 Å². The summed E-state index contributed by atoms with van der Waals surface area (Å²) in [5, 5.41) is 0. The Labute approximate surface area is 288 Å². The van der Waals surface area contributed by atoms with Crippen LogP contribution < -0.4 is 0 Å². The molecule has 0 atom stereocenters. The number of carbonyl (C=O) groups excluding carboxylic acids is 6. The maximum absolute atomic E-state index is 12.8. The quantitative estimate of drug-likeness (QED) is 0.0680. The van der Waals surface area contributed by atoms with Crippen molar-refractivity contribution in [3.8, 4) is 0 Å². The Hall–Kier alpha value is -1.98. The molecule has 0 heterocycles. The molecule has 0 aromatic carbocycles. The van der Waals surface area contributed by atoms with Crippen molar-refractivity contribution >= 4 is 34.7 Å². The molecule has 0 aliphatic heterocycles. The molecule has 0 rings (SSSR count). The minimum absolute atomic E-state index is 0.240. The van der Waals surface area contributed by atoms with E-state index in [1.54, 1.807) is 0 Å². The fourth-order valence-electron chi connectivity index (χ4n) is 7.19. The van der Waals surface area contributed by atoms with Crippen LogP contribution >= 0.6 is 0 Å². The highest BCUT2D eigenvalue weighted by Crippen LogP contribution is 2.46. The van der Waals surface area contributed by atoms with Crippen molar-refractivity contribution < 1.29 is 28.8 Å². The first-order chi connectivity index (χ1) is 22.4. The highest BCUT2D eigenvalue weighted by atomic mass is 16.1. The van der Waals surface area contributed by atoms with Gasteiger partial charge in [-0.1, -0.05) is 48.0 Å². The van der Waals surface area contributed by atoms with E-state index in [0.717, 1.165) is 57.8 Å². The molecule has 0 radical (unpaired) electrons. The van der Waals surface area contributed by atoms with Crippen molar-refractivity contribution in [3.63, 3.8) is 0 Å². The molecular weight excluding hydrogens is 588 g/mol. The zero-order valence-electron chi connectivity index (χ0n) is 31.5. The standard InChI is InChI=1S/C41H72O6/c1-7-14-34(42)20-28-40(29-21-35(43)15-8-2,30-22-36(44)16-9-3)26-13-27-41(31-23-37(45)17-10-4,32-24-38(46)18-11-5)33-25-39(47)19-12-6/h7-33H2,1-6H3. The van der Waals surface area contributed by atoms with Gasteiger partial charge in [-0.15, -0.1) is 0 Å². The molecule has 0 aliphatic rings. The van der Waals surface area contributed by atoms with Gasteiger partial charge in [-0.3, -0.25) is 28.8 Å². The van der Waals surface area contributed by atoms with Gasteiger partial charge in [-0.25, -0.2) is 0 Å². The molecule has 0 saturated carbocycles. The summed E-state index contributed by atoms with van der Waals surface area (Å²) in [7, 11) is 0. The third-order valence-electron chi connectivity index (χ3n) is 10.2. The van der Waals surface area contributed by atoms with Gasteiger partial charge < -0.3 is 0 Å². The fraction of sp³-hybridized carbons (Fsp3) is 0.854. The lowest BCUT2D eigenvalue weighted by atomic mass is 9.66. The summed E-state index contributed by atoms with van der Waals surface area (Å²) in [5.74, 6) is 1.44. The highest BCUT2D eigenvalue weighted by Gasteiger charge is 2.35. The second kappa shape index (κ2) is 26.9. The van der Waals surface area contributed by atoms with Crippen LogP contribution in [0, 0.1) is 10.8 Å². The van der Waals surface area contributed by atoms with Gasteiger partial charge in [0.15, 0.2) is 0 Å². The van der Waals surface area contributed by atoms with E-state index in [1.807, 2.05) is 41.5 Å². The predicted molar refractivity (Wildman–Crippen MR) is 194 cm³/mol. The number of rotatable bonds is 34. The first kappa shape index (κ1) is 45.0. The highest BCUT2D eigenvalue weighted by molar-refractivity contribution is 5.80. The lowest BCUT2D eigenvalue weighted by Crippen LogP contribution is -2.28. The van der Waals surface area contributed by atoms with Crippen LogP contribution in [0.3, 0.4) is 0 Å². The number of Topliss-reactive ketones (excluding diaryl/α,β-unsaturated/α-hetero) is 6. The summed E-state index contributed by atoms with van der Waals surface area (Å²) >= 11 is 0. The van der Waals surface area contributed by atoms with Crippen LogP contribution in [0.5, 0.6) is 0 Å². The topological polar surface area (TPSA) is 102 Å². The number of carbonyl (C=O) groups is 6. The molecule has 0 unspecified atom stereocenters. The first-order valence-electron chi connectivity index (χ1n) is 19.5. The molecule has 47 heavy (non-hydrogen) atoms. The molecule has 0 bridgehead atoms. The van der Waals surface area contributed by atoms with E-state index in [0.29, 0.717) is 116 Å². The average Bonchev–Trinajstić information content (AvgIpc) is 3.03. The third-order valence-corrected chi connectivity index (χ3v) is 10.2. The molecule has 0 spiro atoms. The zero-order chi connectivity index (χ0) is 35.6. The van der Waals surface area contributed by atoms with E-state index in [2.05, 4.69) is 0 Å². The monoisotopic (exact) mass is 661 g/mol. The number of ketones is 6. The van der Waals surface area contributed by atoms with Crippen molar-refractivity contribution in [2.75, 3.05) is 0 Å². The molecule has 0 amide bonds. The molecular formula is C41H72O6. The van der Waals surface area contributed by atoms with E-state index in [4.69, 9.17) is 0 Å². The van der Waals surface area contributed by atoms with Gasteiger partial charge in [-0.05, 0) is 101 Å². The van der Waals surface area contributed by atoms with Gasteiger partial charge in [0.25, 0.3) is 0 Å². The minimum Gasteiger partial charge on any atom is -0.300 e. The van der Waals surface area contributed by atoms with Crippen molar-refractivity contribution in [1.29, 1.82) is 0 Å². The molecule has 6 nitrogen and oxygen atoms in total. The smallest absolute Gasteiger partial charge is 0.132 e. The molecule has 6 heteroatoms. The Bertz CT molecular complexity index is 748. The van der Waals surface area contributed by atoms with Crippen molar-refractivity contribution in [1.82, 2.24) is 0 Å². The van der Waals surface area contributed by atoms with Gasteiger partial charge in [-0.2, -0.15) is 0 Å². The Kier molecular flexibility index (Phi) is 25.8. The van der Waals surface area contributed by atoms with Crippen LogP contribution in [-0.4, -0.2) is 34.7 Å². The summed E-state index contributed by atoms with van der Waals surface area (Å²) in [5.41, 5.74) is -0.591. The second-order valence-corrected chi connectivity index (χ2v) is 14.6. The zero-order valence-corrected chi connectivity index (χ0v) is 31.5. The molecule has 272 valence electrons. The van der Waals surface area contributed by atoms with Crippen LogP contribution in [-0.2, 0) is 28.8 Å². The van der Waals surface area contributed by atoms with E-state index < -0.39 is 0 Å². The Morgan fingerprint density at radius 2 is 0.447 bits per heavy atom. The number of hydrogen-bond acceptors (Lipinski definition) is 6. The lowest BCUT2D eigenvalue weighted by molar-refractivity contribution is -0.122. The van der Waals surface area contributed by atoms with Crippen LogP contribution in [0.15, 0.2) is 0 Å². The van der Waals surface area contributed by atoms with Gasteiger partial charge in [0.05, 0.1) is 0 Å². The summed E-state index contributed by atoms with van der Waals surface area (Å²) in [6.07, 6.45) is 17.4. The van der Waals surface area contributed by atoms with Gasteiger partial charge in [0.2, 0.25) is 0 Å². The molecule has 0 N–H and O–H groups in total. The van der Waals surface area contributed by atoms with Crippen molar-refractivity contribution in [2.45, 2.75) is 215 Å². The average molecular weight is 661 g/mol. The third kappa shape index (κ3) is 21.6. The van der Waals surface area contributed by atoms with Crippen LogP contribution in [0.25, 0.3) is 0 Å². The van der Waals surface area contributed by atoms with Crippen LogP contribution in [0.4, 0.5) is 0 Å². The molecule has 0 aromatic rings. The van der Waals surface area contributed by atoms with E-state index in [9.17, 15) is 28.8 Å². The van der Waals surface area contributed by atoms with Gasteiger partial charge in [0, 0.05) is 77.0 Å². The maximum Gasteiger partial charge on any atom is 0.132 e.